The maximum atomic E-state index is 14.4. The van der Waals surface area contributed by atoms with Crippen LogP contribution >= 0.6 is 23.4 Å². The molecule has 8 heteroatoms. The van der Waals surface area contributed by atoms with Crippen LogP contribution in [-0.2, 0) is 16.2 Å². The van der Waals surface area contributed by atoms with Gasteiger partial charge in [0, 0.05) is 28.6 Å². The largest absolute Gasteiger partial charge is 0.323 e. The van der Waals surface area contributed by atoms with Crippen LogP contribution in [0.2, 0.25) is 5.02 Å². The van der Waals surface area contributed by atoms with Crippen molar-refractivity contribution in [3.8, 4) is 0 Å². The molecule has 5 rings (SSSR count). The van der Waals surface area contributed by atoms with E-state index in [1.807, 2.05) is 50.2 Å². The van der Waals surface area contributed by atoms with E-state index < -0.39 is 16.7 Å². The maximum Gasteiger partial charge on any atom is 0.323 e. The molecule has 1 saturated heterocycles. The Labute approximate surface area is 206 Å². The number of benzene rings is 3. The lowest BCUT2D eigenvalue weighted by Gasteiger charge is -2.33. The van der Waals surface area contributed by atoms with E-state index in [2.05, 4.69) is 5.32 Å². The summed E-state index contributed by atoms with van der Waals surface area (Å²) in [6, 6.07) is 16.9. The van der Waals surface area contributed by atoms with E-state index in [-0.39, 0.29) is 12.5 Å². The minimum Gasteiger partial charge on any atom is -0.308 e. The van der Waals surface area contributed by atoms with Crippen molar-refractivity contribution in [2.75, 3.05) is 22.5 Å². The Morgan fingerprint density at radius 2 is 1.91 bits per heavy atom. The summed E-state index contributed by atoms with van der Waals surface area (Å²) in [7, 11) is 0. The fourth-order valence-electron chi connectivity index (χ4n) is 4.55. The van der Waals surface area contributed by atoms with Gasteiger partial charge in [-0.05, 0) is 66.9 Å². The topological polar surface area (TPSA) is 52.7 Å². The molecule has 1 N–H and O–H groups in total. The van der Waals surface area contributed by atoms with E-state index in [9.17, 15) is 14.0 Å². The zero-order valence-corrected chi connectivity index (χ0v) is 20.3. The lowest BCUT2D eigenvalue weighted by molar-refractivity contribution is -0.123. The van der Waals surface area contributed by atoms with E-state index in [0.717, 1.165) is 16.7 Å². The van der Waals surface area contributed by atoms with Crippen molar-refractivity contribution in [2.45, 2.75) is 25.3 Å². The van der Waals surface area contributed by atoms with Crippen LogP contribution in [0.5, 0.6) is 0 Å². The summed E-state index contributed by atoms with van der Waals surface area (Å²) < 4.78 is 14.4. The van der Waals surface area contributed by atoms with E-state index in [1.54, 1.807) is 17.0 Å². The second kappa shape index (κ2) is 8.64. The van der Waals surface area contributed by atoms with Gasteiger partial charge in [-0.1, -0.05) is 35.9 Å². The van der Waals surface area contributed by atoms with Crippen molar-refractivity contribution >= 4 is 46.7 Å². The minimum absolute atomic E-state index is 0.228. The molecule has 5 nitrogen and oxygen atoms in total. The van der Waals surface area contributed by atoms with Gasteiger partial charge in [-0.15, -0.1) is 11.8 Å². The number of aryl methyl sites for hydroxylation is 2. The number of anilines is 2. The number of rotatable bonds is 3. The van der Waals surface area contributed by atoms with E-state index in [4.69, 9.17) is 11.6 Å². The third-order valence-electron chi connectivity index (χ3n) is 6.45. The molecule has 0 aromatic heterocycles. The Balaban J connectivity index is 1.53. The average molecular weight is 496 g/mol. The maximum absolute atomic E-state index is 14.4. The van der Waals surface area contributed by atoms with Crippen molar-refractivity contribution in [1.82, 2.24) is 4.90 Å². The third kappa shape index (κ3) is 3.63. The molecule has 0 aliphatic carbocycles. The number of fused-ring (bicyclic) bond motifs is 2. The van der Waals surface area contributed by atoms with Crippen molar-refractivity contribution in [3.63, 3.8) is 0 Å². The molecule has 174 valence electrons. The number of carbonyl (C=O) groups is 2. The predicted octanol–water partition coefficient (Wildman–Crippen LogP) is 6.08. The van der Waals surface area contributed by atoms with Crippen molar-refractivity contribution in [1.29, 1.82) is 0 Å². The smallest absolute Gasteiger partial charge is 0.308 e. The van der Waals surface area contributed by atoms with Gasteiger partial charge in [0.25, 0.3) is 5.91 Å². The van der Waals surface area contributed by atoms with Crippen LogP contribution in [0.4, 0.5) is 20.6 Å². The molecule has 1 fully saturated rings. The fraction of sp³-hybridized carbons (Fsp3) is 0.231. The summed E-state index contributed by atoms with van der Waals surface area (Å²) in [4.78, 5) is 29.2. The van der Waals surface area contributed by atoms with Crippen LogP contribution < -0.4 is 10.2 Å². The molecule has 1 spiro atoms. The summed E-state index contributed by atoms with van der Waals surface area (Å²) >= 11 is 7.73. The summed E-state index contributed by atoms with van der Waals surface area (Å²) in [5.74, 6) is -0.166. The van der Waals surface area contributed by atoms with Gasteiger partial charge in [0.2, 0.25) is 0 Å². The standard InChI is InChI=1S/C26H23ClFN3O2S/c1-16-7-9-20(13-17(16)2)29-25(33)31-11-12-34-26(31)21-14-19(28)8-10-23(21)30(24(26)32)15-18-5-3-4-6-22(18)27/h3-10,13-14H,11-12,15H2,1-2H3,(H,29,33). The molecular weight excluding hydrogens is 473 g/mol. The number of thioether (sulfide) groups is 1. The molecule has 0 radical (unpaired) electrons. The molecule has 2 heterocycles. The first-order valence-corrected chi connectivity index (χ1v) is 12.3. The van der Waals surface area contributed by atoms with Gasteiger partial charge in [-0.2, -0.15) is 0 Å². The van der Waals surface area contributed by atoms with Crippen LogP contribution in [0.3, 0.4) is 0 Å². The molecule has 0 saturated carbocycles. The van der Waals surface area contributed by atoms with E-state index in [1.165, 1.54) is 28.8 Å². The summed E-state index contributed by atoms with van der Waals surface area (Å²) in [6.07, 6.45) is 0. The molecule has 1 unspecified atom stereocenters. The first-order valence-electron chi connectivity index (χ1n) is 11.0. The van der Waals surface area contributed by atoms with Gasteiger partial charge in [-0.25, -0.2) is 9.18 Å². The number of halogens is 2. The van der Waals surface area contributed by atoms with Gasteiger partial charge in [0.15, 0.2) is 4.87 Å². The lowest BCUT2D eigenvalue weighted by atomic mass is 10.1. The molecule has 1 atom stereocenters. The van der Waals surface area contributed by atoms with Crippen LogP contribution in [0.25, 0.3) is 0 Å². The molecule has 3 aromatic carbocycles. The second-order valence-corrected chi connectivity index (χ2v) is 10.2. The quantitative estimate of drug-likeness (QED) is 0.479. The molecule has 34 heavy (non-hydrogen) atoms. The summed E-state index contributed by atoms with van der Waals surface area (Å²) in [6.45, 7) is 4.57. The molecule has 3 amide bonds. The van der Waals surface area contributed by atoms with Crippen molar-refractivity contribution in [3.05, 3.63) is 93.8 Å². The van der Waals surface area contributed by atoms with Gasteiger partial charge in [0.1, 0.15) is 5.82 Å². The Kier molecular flexibility index (Phi) is 5.78. The average Bonchev–Trinajstić information content (AvgIpc) is 3.35. The van der Waals surface area contributed by atoms with Crippen LogP contribution in [-0.4, -0.2) is 29.1 Å². The molecule has 2 aliphatic rings. The monoisotopic (exact) mass is 495 g/mol. The van der Waals surface area contributed by atoms with Crippen molar-refractivity contribution in [2.24, 2.45) is 0 Å². The first kappa shape index (κ1) is 22.7. The van der Waals surface area contributed by atoms with Crippen LogP contribution in [0.15, 0.2) is 60.7 Å². The Hall–Kier alpha value is -3.03. The number of nitrogens with one attached hydrogen (secondary N) is 1. The zero-order chi connectivity index (χ0) is 24.0. The number of carbonyl (C=O) groups excluding carboxylic acids is 2. The molecule has 3 aromatic rings. The predicted molar refractivity (Wildman–Crippen MR) is 135 cm³/mol. The zero-order valence-electron chi connectivity index (χ0n) is 18.8. The Bertz CT molecular complexity index is 1320. The van der Waals surface area contributed by atoms with Gasteiger partial charge >= 0.3 is 6.03 Å². The number of urea groups is 1. The summed E-state index contributed by atoms with van der Waals surface area (Å²) in [5, 5.41) is 3.48. The van der Waals surface area contributed by atoms with Crippen molar-refractivity contribution < 1.29 is 14.0 Å². The third-order valence-corrected chi connectivity index (χ3v) is 8.23. The van der Waals surface area contributed by atoms with Crippen LogP contribution in [0.1, 0.15) is 22.3 Å². The molecule has 2 aliphatic heterocycles. The van der Waals surface area contributed by atoms with Gasteiger partial charge in [0.05, 0.1) is 12.2 Å². The van der Waals surface area contributed by atoms with Gasteiger partial charge in [-0.3, -0.25) is 9.69 Å². The molecule has 0 bridgehead atoms. The van der Waals surface area contributed by atoms with Crippen LogP contribution in [0, 0.1) is 19.7 Å². The number of nitrogens with zero attached hydrogens (tertiary/aromatic N) is 2. The van der Waals surface area contributed by atoms with E-state index >= 15 is 0 Å². The first-order chi connectivity index (χ1) is 16.3. The number of hydrogen-bond acceptors (Lipinski definition) is 3. The highest BCUT2D eigenvalue weighted by molar-refractivity contribution is 8.01. The second-order valence-electron chi connectivity index (χ2n) is 8.52. The van der Waals surface area contributed by atoms with E-state index in [0.29, 0.717) is 34.3 Å². The fourth-order valence-corrected chi connectivity index (χ4v) is 6.20. The number of hydrogen-bond donors (Lipinski definition) is 1. The highest BCUT2D eigenvalue weighted by Crippen LogP contribution is 2.54. The number of amides is 3. The summed E-state index contributed by atoms with van der Waals surface area (Å²) in [5.41, 5.74) is 4.68. The normalized spacial score (nSPS) is 19.1. The highest BCUT2D eigenvalue weighted by Gasteiger charge is 2.59. The minimum atomic E-state index is -1.33. The SMILES string of the molecule is Cc1ccc(NC(=O)N2CCSC23C(=O)N(Cc2ccccc2Cl)c2ccc(F)cc23)cc1C. The Morgan fingerprint density at radius 1 is 1.12 bits per heavy atom. The highest BCUT2D eigenvalue weighted by atomic mass is 35.5. The van der Waals surface area contributed by atoms with Gasteiger partial charge < -0.3 is 10.2 Å². The molecular formula is C26H23ClFN3O2S. The Morgan fingerprint density at radius 3 is 2.68 bits per heavy atom. The lowest BCUT2D eigenvalue weighted by Crippen LogP contribution is -2.51.